The van der Waals surface area contributed by atoms with Crippen molar-refractivity contribution in [1.82, 2.24) is 0 Å². The topological polar surface area (TPSA) is 108 Å². The van der Waals surface area contributed by atoms with Crippen LogP contribution in [0.15, 0.2) is 41.3 Å². The number of sulfonamides is 1. The zero-order valence-electron chi connectivity index (χ0n) is 16.8. The Hall–Kier alpha value is -3.07. The van der Waals surface area contributed by atoms with E-state index >= 15 is 0 Å². The minimum Gasteiger partial charge on any atom is -0.496 e. The van der Waals surface area contributed by atoms with Crippen LogP contribution in [0.4, 0.5) is 5.69 Å². The number of rotatable bonds is 7. The Kier molecular flexibility index (Phi) is 6.86. The van der Waals surface area contributed by atoms with Crippen LogP contribution in [0.5, 0.6) is 5.75 Å². The number of carbonyl (C=O) groups is 2. The Balaban J connectivity index is 2.50. The maximum Gasteiger partial charge on any atom is 0.337 e. The van der Waals surface area contributed by atoms with Gasteiger partial charge in [0.15, 0.2) is 0 Å². The first-order chi connectivity index (χ1) is 13.6. The Morgan fingerprint density at radius 1 is 0.897 bits per heavy atom. The summed E-state index contributed by atoms with van der Waals surface area (Å²) in [4.78, 5) is 23.8. The summed E-state index contributed by atoms with van der Waals surface area (Å²) in [6, 6.07) is 8.34. The number of methoxy groups -OCH3 is 3. The summed E-state index contributed by atoms with van der Waals surface area (Å²) in [6.45, 7) is 3.84. The third-order valence-corrected chi connectivity index (χ3v) is 5.54. The van der Waals surface area contributed by atoms with Gasteiger partial charge < -0.3 is 14.2 Å². The van der Waals surface area contributed by atoms with Crippen LogP contribution in [0.25, 0.3) is 0 Å². The molecule has 0 aliphatic rings. The van der Waals surface area contributed by atoms with Gasteiger partial charge in [-0.3, -0.25) is 4.72 Å². The summed E-state index contributed by atoms with van der Waals surface area (Å²) in [6.07, 6.45) is 0. The molecule has 0 fully saturated rings. The molecule has 0 heterocycles. The highest BCUT2D eigenvalue weighted by Gasteiger charge is 2.20. The predicted octanol–water partition coefficient (Wildman–Crippen LogP) is 3.19. The van der Waals surface area contributed by atoms with Crippen molar-refractivity contribution in [2.45, 2.75) is 24.7 Å². The van der Waals surface area contributed by atoms with Crippen molar-refractivity contribution in [3.8, 4) is 5.75 Å². The van der Waals surface area contributed by atoms with Gasteiger partial charge in [-0.1, -0.05) is 13.8 Å². The van der Waals surface area contributed by atoms with Crippen LogP contribution in [-0.2, 0) is 19.5 Å². The molecule has 0 unspecified atom stereocenters. The summed E-state index contributed by atoms with van der Waals surface area (Å²) in [5, 5.41) is 0. The van der Waals surface area contributed by atoms with Crippen LogP contribution in [0.1, 0.15) is 46.0 Å². The van der Waals surface area contributed by atoms with Crippen molar-refractivity contribution < 1.29 is 32.2 Å². The highest BCUT2D eigenvalue weighted by molar-refractivity contribution is 7.92. The molecule has 1 N–H and O–H groups in total. The van der Waals surface area contributed by atoms with Crippen molar-refractivity contribution >= 4 is 27.6 Å². The maximum absolute atomic E-state index is 12.9. The molecule has 9 heteroatoms. The average molecular weight is 421 g/mol. The fourth-order valence-corrected chi connectivity index (χ4v) is 3.78. The largest absolute Gasteiger partial charge is 0.496 e. The normalized spacial score (nSPS) is 11.1. The van der Waals surface area contributed by atoms with E-state index in [2.05, 4.69) is 14.2 Å². The number of anilines is 1. The molecule has 2 aromatic carbocycles. The number of benzene rings is 2. The van der Waals surface area contributed by atoms with Gasteiger partial charge in [-0.25, -0.2) is 18.0 Å². The quantitative estimate of drug-likeness (QED) is 0.684. The second kappa shape index (κ2) is 8.95. The zero-order valence-corrected chi connectivity index (χ0v) is 17.6. The van der Waals surface area contributed by atoms with Crippen LogP contribution >= 0.6 is 0 Å². The predicted molar refractivity (Wildman–Crippen MR) is 107 cm³/mol. The van der Waals surface area contributed by atoms with Gasteiger partial charge in [0.2, 0.25) is 0 Å². The molecule has 2 aromatic rings. The van der Waals surface area contributed by atoms with E-state index in [0.29, 0.717) is 5.75 Å². The van der Waals surface area contributed by atoms with Crippen molar-refractivity contribution in [3.63, 3.8) is 0 Å². The summed E-state index contributed by atoms with van der Waals surface area (Å²) < 4.78 is 42.8. The van der Waals surface area contributed by atoms with E-state index in [-0.39, 0.29) is 27.6 Å². The first-order valence-electron chi connectivity index (χ1n) is 8.65. The zero-order chi connectivity index (χ0) is 21.8. The SMILES string of the molecule is COC(=O)c1cc(NS(=O)(=O)c2ccc(OC)c(C(C)C)c2)cc(C(=O)OC)c1. The third-order valence-electron chi connectivity index (χ3n) is 4.16. The molecule has 0 aliphatic heterocycles. The van der Waals surface area contributed by atoms with E-state index in [0.717, 1.165) is 5.56 Å². The molecule has 0 atom stereocenters. The molecule has 0 saturated carbocycles. The van der Waals surface area contributed by atoms with E-state index in [9.17, 15) is 18.0 Å². The fraction of sp³-hybridized carbons (Fsp3) is 0.300. The van der Waals surface area contributed by atoms with Gasteiger partial charge in [-0.05, 0) is 47.9 Å². The maximum atomic E-state index is 12.9. The molecule has 0 aliphatic carbocycles. The van der Waals surface area contributed by atoms with Crippen molar-refractivity contribution in [2.24, 2.45) is 0 Å². The first kappa shape index (κ1) is 22.2. The van der Waals surface area contributed by atoms with Gasteiger partial charge in [0.1, 0.15) is 5.75 Å². The lowest BCUT2D eigenvalue weighted by Gasteiger charge is -2.15. The van der Waals surface area contributed by atoms with Crippen LogP contribution in [0, 0.1) is 0 Å². The molecular weight excluding hydrogens is 398 g/mol. The number of ether oxygens (including phenoxy) is 3. The first-order valence-corrected chi connectivity index (χ1v) is 10.1. The fourth-order valence-electron chi connectivity index (χ4n) is 2.70. The molecule has 156 valence electrons. The molecule has 0 saturated heterocycles. The average Bonchev–Trinajstić information content (AvgIpc) is 2.71. The molecule has 2 rings (SSSR count). The standard InChI is InChI=1S/C20H23NO7S/c1-12(2)17-11-16(6-7-18(17)26-3)29(24,25)21-15-9-13(19(22)27-4)8-14(10-15)20(23)28-5/h6-12,21H,1-5H3. The number of carbonyl (C=O) groups excluding carboxylic acids is 2. The minimum absolute atomic E-state index is 0.00528. The van der Waals surface area contributed by atoms with E-state index in [4.69, 9.17) is 4.74 Å². The lowest BCUT2D eigenvalue weighted by molar-refractivity contribution is 0.0599. The third kappa shape index (κ3) is 5.05. The van der Waals surface area contributed by atoms with Gasteiger partial charge in [-0.15, -0.1) is 0 Å². The molecule has 0 amide bonds. The highest BCUT2D eigenvalue weighted by Crippen LogP contribution is 2.30. The van der Waals surface area contributed by atoms with Crippen molar-refractivity contribution in [1.29, 1.82) is 0 Å². The molecule has 0 radical (unpaired) electrons. The second-order valence-corrected chi connectivity index (χ2v) is 8.13. The van der Waals surface area contributed by atoms with Crippen LogP contribution in [-0.4, -0.2) is 41.7 Å². The number of nitrogens with one attached hydrogen (secondary N) is 1. The van der Waals surface area contributed by atoms with E-state index in [1.165, 1.54) is 51.7 Å². The van der Waals surface area contributed by atoms with Crippen LogP contribution in [0.3, 0.4) is 0 Å². The lowest BCUT2D eigenvalue weighted by Crippen LogP contribution is -2.15. The summed E-state index contributed by atoms with van der Waals surface area (Å²) >= 11 is 0. The molecule has 0 bridgehead atoms. The number of hydrogen-bond acceptors (Lipinski definition) is 7. The van der Waals surface area contributed by atoms with E-state index in [1.54, 1.807) is 6.07 Å². The Morgan fingerprint density at radius 3 is 1.90 bits per heavy atom. The van der Waals surface area contributed by atoms with E-state index in [1.807, 2.05) is 13.8 Å². The van der Waals surface area contributed by atoms with Gasteiger partial charge >= 0.3 is 11.9 Å². The monoisotopic (exact) mass is 421 g/mol. The molecule has 0 aromatic heterocycles. The van der Waals surface area contributed by atoms with Crippen LogP contribution < -0.4 is 9.46 Å². The van der Waals surface area contributed by atoms with Gasteiger partial charge in [-0.2, -0.15) is 0 Å². The number of hydrogen-bond donors (Lipinski definition) is 1. The smallest absolute Gasteiger partial charge is 0.337 e. The van der Waals surface area contributed by atoms with E-state index < -0.39 is 22.0 Å². The van der Waals surface area contributed by atoms with Crippen molar-refractivity contribution in [3.05, 3.63) is 53.1 Å². The Bertz CT molecular complexity index is 995. The number of esters is 2. The molecule has 0 spiro atoms. The molecule has 29 heavy (non-hydrogen) atoms. The summed E-state index contributed by atoms with van der Waals surface area (Å²) in [5.41, 5.74) is 0.764. The minimum atomic E-state index is -4.00. The lowest BCUT2D eigenvalue weighted by atomic mass is 10.0. The molecular formula is C20H23NO7S. The van der Waals surface area contributed by atoms with Gasteiger partial charge in [0.05, 0.1) is 43.0 Å². The molecule has 8 nitrogen and oxygen atoms in total. The Morgan fingerprint density at radius 2 is 1.45 bits per heavy atom. The van der Waals surface area contributed by atoms with Gasteiger partial charge in [0.25, 0.3) is 10.0 Å². The second-order valence-electron chi connectivity index (χ2n) is 6.45. The highest BCUT2D eigenvalue weighted by atomic mass is 32.2. The van der Waals surface area contributed by atoms with Crippen LogP contribution in [0.2, 0.25) is 0 Å². The summed E-state index contributed by atoms with van der Waals surface area (Å²) in [5.74, 6) is -0.821. The summed E-state index contributed by atoms with van der Waals surface area (Å²) in [7, 11) is -0.124. The van der Waals surface area contributed by atoms with Crippen molar-refractivity contribution in [2.75, 3.05) is 26.1 Å². The van der Waals surface area contributed by atoms with Gasteiger partial charge in [0, 0.05) is 0 Å². The Labute approximate surface area is 169 Å².